The number of nitriles is 1. The highest BCUT2D eigenvalue weighted by atomic mass is 19.1. The lowest BCUT2D eigenvalue weighted by Gasteiger charge is -2.08. The van der Waals surface area contributed by atoms with E-state index in [1.165, 1.54) is 6.07 Å². The molecule has 0 aliphatic carbocycles. The van der Waals surface area contributed by atoms with Crippen molar-refractivity contribution in [1.82, 2.24) is 0 Å². The topological polar surface area (TPSA) is 102 Å². The van der Waals surface area contributed by atoms with Gasteiger partial charge in [0.2, 0.25) is 5.75 Å². The van der Waals surface area contributed by atoms with Crippen molar-refractivity contribution in [2.75, 3.05) is 6.61 Å². The minimum absolute atomic E-state index is 0.307. The van der Waals surface area contributed by atoms with E-state index in [0.29, 0.717) is 0 Å². The van der Waals surface area contributed by atoms with Gasteiger partial charge in [-0.15, -0.1) is 0 Å². The van der Waals surface area contributed by atoms with Crippen LogP contribution in [0.3, 0.4) is 0 Å². The van der Waals surface area contributed by atoms with Crippen molar-refractivity contribution in [3.63, 3.8) is 0 Å². The lowest BCUT2D eigenvalue weighted by Crippen LogP contribution is -2.26. The highest BCUT2D eigenvalue weighted by Crippen LogP contribution is 2.29. The van der Waals surface area contributed by atoms with Gasteiger partial charge in [0.05, 0.1) is 11.0 Å². The summed E-state index contributed by atoms with van der Waals surface area (Å²) in [4.78, 5) is 9.78. The number of para-hydroxylation sites is 1. The van der Waals surface area contributed by atoms with Crippen molar-refractivity contribution < 1.29 is 14.1 Å². The smallest absolute Gasteiger partial charge is 0.314 e. The molecule has 1 aromatic carbocycles. The Balaban J connectivity index is 2.94. The van der Waals surface area contributed by atoms with E-state index < -0.39 is 28.2 Å². The predicted octanol–water partition coefficient (Wildman–Crippen LogP) is 0.964. The maximum absolute atomic E-state index is 13.2. The monoisotopic (exact) mass is 225 g/mol. The quantitative estimate of drug-likeness (QED) is 0.607. The van der Waals surface area contributed by atoms with Crippen molar-refractivity contribution in [1.29, 1.82) is 5.26 Å². The standard InChI is InChI=1S/C9H8FN3O3/c10-7-2-1-3-8(13(14)15)9(7)16-5-6(12)4-11/h1-3,6H,5,12H2. The molecule has 2 N–H and O–H groups in total. The van der Waals surface area contributed by atoms with Crippen LogP contribution >= 0.6 is 0 Å². The van der Waals surface area contributed by atoms with Gasteiger partial charge in [0.25, 0.3) is 0 Å². The van der Waals surface area contributed by atoms with Crippen LogP contribution in [0.25, 0.3) is 0 Å². The summed E-state index contributed by atoms with van der Waals surface area (Å²) in [6, 6.07) is 4.04. The fourth-order valence-corrected chi connectivity index (χ4v) is 0.994. The summed E-state index contributed by atoms with van der Waals surface area (Å²) in [5.74, 6) is -1.36. The van der Waals surface area contributed by atoms with Gasteiger partial charge in [-0.25, -0.2) is 4.39 Å². The van der Waals surface area contributed by atoms with Crippen LogP contribution in [0, 0.1) is 27.3 Å². The Bertz CT molecular complexity index is 444. The van der Waals surface area contributed by atoms with E-state index in [4.69, 9.17) is 15.7 Å². The number of hydrogen-bond donors (Lipinski definition) is 1. The van der Waals surface area contributed by atoms with Gasteiger partial charge in [0.15, 0.2) is 5.82 Å². The number of nitro benzene ring substituents is 1. The Labute approximate surface area is 90.2 Å². The Morgan fingerprint density at radius 3 is 2.94 bits per heavy atom. The molecule has 0 spiro atoms. The molecule has 16 heavy (non-hydrogen) atoms. The minimum atomic E-state index is -0.959. The number of rotatable bonds is 4. The zero-order chi connectivity index (χ0) is 12.1. The maximum Gasteiger partial charge on any atom is 0.314 e. The number of benzene rings is 1. The summed E-state index contributed by atoms with van der Waals surface area (Å²) in [6.07, 6.45) is 0. The molecule has 0 aromatic heterocycles. The molecule has 0 heterocycles. The SMILES string of the molecule is N#CC(N)COc1c(F)cccc1[N+](=O)[O-]. The van der Waals surface area contributed by atoms with E-state index in [2.05, 4.69) is 0 Å². The molecule has 1 unspecified atom stereocenters. The molecule has 1 aromatic rings. The number of nitrogens with zero attached hydrogens (tertiary/aromatic N) is 2. The van der Waals surface area contributed by atoms with Gasteiger partial charge in [0.1, 0.15) is 12.6 Å². The van der Waals surface area contributed by atoms with E-state index in [9.17, 15) is 14.5 Å². The van der Waals surface area contributed by atoms with Crippen LogP contribution in [0.4, 0.5) is 10.1 Å². The second-order valence-electron chi connectivity index (χ2n) is 2.89. The fraction of sp³-hybridized carbons (Fsp3) is 0.222. The molecular weight excluding hydrogens is 217 g/mol. The van der Waals surface area contributed by atoms with Crippen molar-refractivity contribution in [2.24, 2.45) is 5.73 Å². The van der Waals surface area contributed by atoms with Crippen molar-refractivity contribution in [3.8, 4) is 11.8 Å². The Hall–Kier alpha value is -2.20. The van der Waals surface area contributed by atoms with Gasteiger partial charge in [-0.3, -0.25) is 10.1 Å². The number of halogens is 1. The molecule has 7 heteroatoms. The van der Waals surface area contributed by atoms with Gasteiger partial charge in [-0.05, 0) is 6.07 Å². The first-order chi connectivity index (χ1) is 7.56. The lowest BCUT2D eigenvalue weighted by molar-refractivity contribution is -0.386. The molecule has 0 saturated carbocycles. The maximum atomic E-state index is 13.2. The molecule has 6 nitrogen and oxygen atoms in total. The number of nitro groups is 1. The highest BCUT2D eigenvalue weighted by Gasteiger charge is 2.19. The second kappa shape index (κ2) is 5.04. The zero-order valence-corrected chi connectivity index (χ0v) is 8.09. The molecule has 84 valence electrons. The molecule has 0 aliphatic rings. The molecule has 0 fully saturated rings. The highest BCUT2D eigenvalue weighted by molar-refractivity contribution is 5.46. The molecule has 0 amide bonds. The van der Waals surface area contributed by atoms with Crippen molar-refractivity contribution in [3.05, 3.63) is 34.1 Å². The Kier molecular flexibility index (Phi) is 3.74. The van der Waals surface area contributed by atoms with E-state index in [0.717, 1.165) is 12.1 Å². The summed E-state index contributed by atoms with van der Waals surface area (Å²) in [5.41, 5.74) is 4.72. The van der Waals surface area contributed by atoms with Crippen molar-refractivity contribution in [2.45, 2.75) is 6.04 Å². The normalized spacial score (nSPS) is 11.6. The van der Waals surface area contributed by atoms with E-state index in [1.54, 1.807) is 6.07 Å². The molecule has 1 rings (SSSR count). The van der Waals surface area contributed by atoms with Crippen molar-refractivity contribution >= 4 is 5.69 Å². The second-order valence-corrected chi connectivity index (χ2v) is 2.89. The van der Waals surface area contributed by atoms with Crippen LogP contribution in [0.2, 0.25) is 0 Å². The zero-order valence-electron chi connectivity index (χ0n) is 8.09. The van der Waals surface area contributed by atoms with Crippen LogP contribution in [0.5, 0.6) is 5.75 Å². The first-order valence-corrected chi connectivity index (χ1v) is 4.27. The number of nitrogens with two attached hydrogens (primary N) is 1. The Morgan fingerprint density at radius 1 is 1.69 bits per heavy atom. The lowest BCUT2D eigenvalue weighted by atomic mass is 10.3. The summed E-state index contributed by atoms with van der Waals surface area (Å²) in [5, 5.41) is 18.9. The van der Waals surface area contributed by atoms with Gasteiger partial charge in [-0.2, -0.15) is 5.26 Å². The van der Waals surface area contributed by atoms with E-state index >= 15 is 0 Å². The number of hydrogen-bond acceptors (Lipinski definition) is 5. The average molecular weight is 225 g/mol. The minimum Gasteiger partial charge on any atom is -0.482 e. The molecule has 0 aliphatic heterocycles. The van der Waals surface area contributed by atoms with E-state index in [-0.39, 0.29) is 6.61 Å². The predicted molar refractivity (Wildman–Crippen MR) is 52.1 cm³/mol. The van der Waals surface area contributed by atoms with Crippen LogP contribution < -0.4 is 10.5 Å². The van der Waals surface area contributed by atoms with Crippen LogP contribution in [0.1, 0.15) is 0 Å². The Morgan fingerprint density at radius 2 is 2.38 bits per heavy atom. The van der Waals surface area contributed by atoms with Crippen LogP contribution in [0.15, 0.2) is 18.2 Å². The third-order valence-corrected chi connectivity index (χ3v) is 1.72. The molecule has 0 saturated heterocycles. The van der Waals surface area contributed by atoms with E-state index in [1.807, 2.05) is 0 Å². The number of ether oxygens (including phenoxy) is 1. The molecular formula is C9H8FN3O3. The summed E-state index contributed by atoms with van der Waals surface area (Å²) in [6.45, 7) is -0.307. The molecule has 0 radical (unpaired) electrons. The third-order valence-electron chi connectivity index (χ3n) is 1.72. The molecule has 1 atom stereocenters. The first-order valence-electron chi connectivity index (χ1n) is 4.27. The molecule has 0 bridgehead atoms. The van der Waals surface area contributed by atoms with Gasteiger partial charge in [-0.1, -0.05) is 6.07 Å². The summed E-state index contributed by atoms with van der Waals surface area (Å²) >= 11 is 0. The van der Waals surface area contributed by atoms with Gasteiger partial charge < -0.3 is 10.5 Å². The largest absolute Gasteiger partial charge is 0.482 e. The summed E-state index contributed by atoms with van der Waals surface area (Å²) < 4.78 is 18.0. The van der Waals surface area contributed by atoms with Crippen LogP contribution in [-0.2, 0) is 0 Å². The summed E-state index contributed by atoms with van der Waals surface area (Å²) in [7, 11) is 0. The first kappa shape index (κ1) is 11.9. The third kappa shape index (κ3) is 2.65. The fourth-order valence-electron chi connectivity index (χ4n) is 0.994. The van der Waals surface area contributed by atoms with Crippen LogP contribution in [-0.4, -0.2) is 17.6 Å². The van der Waals surface area contributed by atoms with Gasteiger partial charge in [0, 0.05) is 6.07 Å². The average Bonchev–Trinajstić information content (AvgIpc) is 2.26. The van der Waals surface area contributed by atoms with Gasteiger partial charge >= 0.3 is 5.69 Å².